The van der Waals surface area contributed by atoms with Crippen LogP contribution < -0.4 is 0 Å². The molecule has 78 heavy (non-hydrogen) atoms. The number of esters is 3. The minimum atomic E-state index is -4.76. The van der Waals surface area contributed by atoms with Crippen LogP contribution in [-0.2, 0) is 42.2 Å². The monoisotopic (exact) mass is 1120 g/mol. The number of phosphoric ester groups is 1. The number of rotatable bonds is 60. The number of carbonyl (C=O) groups excluding carboxylic acids is 3. The van der Waals surface area contributed by atoms with Crippen LogP contribution in [0.1, 0.15) is 303 Å². The fourth-order valence-corrected chi connectivity index (χ4v) is 9.79. The molecule has 0 aliphatic rings. The maximum Gasteiger partial charge on any atom is 0.472 e. The van der Waals surface area contributed by atoms with Crippen molar-refractivity contribution in [3.8, 4) is 0 Å². The topological polar surface area (TPSA) is 155 Å². The minimum absolute atomic E-state index is 0.157. The number of unbranched alkanes of at least 4 members (excludes halogenated alkanes) is 33. The Bertz CT molecular complexity index is 1540. The Morgan fingerprint density at radius 1 is 0.372 bits per heavy atom. The number of aliphatic hydroxyl groups excluding tert-OH is 1. The van der Waals surface area contributed by atoms with Crippen LogP contribution in [0.4, 0.5) is 0 Å². The third-order valence-corrected chi connectivity index (χ3v) is 14.8. The molecule has 2 N–H and O–H groups in total. The van der Waals surface area contributed by atoms with E-state index < -0.39 is 57.8 Å². The van der Waals surface area contributed by atoms with Gasteiger partial charge < -0.3 is 24.2 Å². The van der Waals surface area contributed by atoms with Crippen molar-refractivity contribution in [1.82, 2.24) is 0 Å². The van der Waals surface area contributed by atoms with Gasteiger partial charge in [-0.3, -0.25) is 23.4 Å². The van der Waals surface area contributed by atoms with Gasteiger partial charge in [-0.05, 0) is 103 Å². The zero-order valence-corrected chi connectivity index (χ0v) is 51.3. The summed E-state index contributed by atoms with van der Waals surface area (Å²) >= 11 is 0. The summed E-state index contributed by atoms with van der Waals surface area (Å²) in [5.74, 6) is -1.47. The first kappa shape index (κ1) is 75.2. The van der Waals surface area contributed by atoms with Crippen molar-refractivity contribution < 1.29 is 52.2 Å². The normalized spacial score (nSPS) is 13.7. The molecule has 0 bridgehead atoms. The lowest BCUT2D eigenvalue weighted by Crippen LogP contribution is -2.30. The van der Waals surface area contributed by atoms with Gasteiger partial charge in [-0.15, -0.1) is 0 Å². The molecular formula is C66H119O11P. The van der Waals surface area contributed by atoms with Gasteiger partial charge in [0.05, 0.1) is 19.8 Å². The van der Waals surface area contributed by atoms with E-state index in [-0.39, 0.29) is 25.9 Å². The van der Waals surface area contributed by atoms with Crippen molar-refractivity contribution in [2.75, 3.05) is 26.4 Å². The van der Waals surface area contributed by atoms with Gasteiger partial charge in [0, 0.05) is 19.3 Å². The second-order valence-electron chi connectivity index (χ2n) is 21.5. The lowest BCUT2D eigenvalue weighted by Gasteiger charge is -2.21. The third kappa shape index (κ3) is 57.9. The maximum atomic E-state index is 13.0. The zero-order valence-electron chi connectivity index (χ0n) is 50.4. The summed E-state index contributed by atoms with van der Waals surface area (Å²) in [5, 5.41) is 9.84. The number of ether oxygens (including phenoxy) is 3. The van der Waals surface area contributed by atoms with E-state index in [1.165, 1.54) is 148 Å². The number of hydrogen-bond acceptors (Lipinski definition) is 10. The molecule has 0 amide bonds. The molecule has 3 atom stereocenters. The molecule has 0 saturated heterocycles. The maximum absolute atomic E-state index is 13.0. The molecule has 3 unspecified atom stereocenters. The van der Waals surface area contributed by atoms with Crippen molar-refractivity contribution in [3.05, 3.63) is 60.8 Å². The summed E-state index contributed by atoms with van der Waals surface area (Å²) in [5.41, 5.74) is 0. The molecule has 0 aromatic carbocycles. The van der Waals surface area contributed by atoms with Crippen LogP contribution in [0, 0.1) is 0 Å². The standard InChI is InChI=1S/C66H119O11P/c1-4-7-10-13-16-19-22-25-28-30-31-33-35-37-40-43-46-49-52-55-64(68)73-59-63(77-66(70)57-54-51-48-45-42-39-36-32-29-26-23-20-17-14-11-8-5-2)61-75-78(71,72)74-60-62(58-67)76-65(69)56-53-50-47-44-41-38-34-27-24-21-18-15-12-9-6-3/h9,12,18,21,25-29,34,62-63,67H,4-8,10-11,13-17,19-20,22-24,30-33,35-61H2,1-3H3,(H,71,72)/b12-9-,21-18-,28-25-,29-26-,34-27-. The van der Waals surface area contributed by atoms with Crippen molar-refractivity contribution in [2.45, 2.75) is 315 Å². The van der Waals surface area contributed by atoms with Gasteiger partial charge in [0.15, 0.2) is 6.10 Å². The van der Waals surface area contributed by atoms with Crippen molar-refractivity contribution in [1.29, 1.82) is 0 Å². The van der Waals surface area contributed by atoms with Gasteiger partial charge in [0.25, 0.3) is 0 Å². The highest BCUT2D eigenvalue weighted by atomic mass is 31.2. The van der Waals surface area contributed by atoms with E-state index >= 15 is 0 Å². The number of hydrogen-bond donors (Lipinski definition) is 2. The summed E-state index contributed by atoms with van der Waals surface area (Å²) in [7, 11) is -4.76. The Balaban J connectivity index is 4.70. The van der Waals surface area contributed by atoms with E-state index in [0.717, 1.165) is 96.3 Å². The molecule has 12 heteroatoms. The van der Waals surface area contributed by atoms with Gasteiger partial charge in [-0.2, -0.15) is 0 Å². The minimum Gasteiger partial charge on any atom is -0.462 e. The quantitative estimate of drug-likeness (QED) is 0.0197. The van der Waals surface area contributed by atoms with E-state index in [1.54, 1.807) is 0 Å². The number of carbonyl (C=O) groups is 3. The largest absolute Gasteiger partial charge is 0.472 e. The molecule has 0 fully saturated rings. The highest BCUT2D eigenvalue weighted by Crippen LogP contribution is 2.43. The van der Waals surface area contributed by atoms with Gasteiger partial charge in [-0.1, -0.05) is 242 Å². The highest BCUT2D eigenvalue weighted by molar-refractivity contribution is 7.47. The fraction of sp³-hybridized carbons (Fsp3) is 0.803. The van der Waals surface area contributed by atoms with Crippen LogP contribution in [0.2, 0.25) is 0 Å². The number of aliphatic hydroxyl groups is 1. The van der Waals surface area contributed by atoms with Gasteiger partial charge >= 0.3 is 25.7 Å². The van der Waals surface area contributed by atoms with Crippen LogP contribution >= 0.6 is 7.82 Å². The van der Waals surface area contributed by atoms with Crippen molar-refractivity contribution in [2.24, 2.45) is 0 Å². The molecule has 0 aromatic rings. The third-order valence-electron chi connectivity index (χ3n) is 13.9. The summed E-state index contributed by atoms with van der Waals surface area (Å²) in [6, 6.07) is 0. The summed E-state index contributed by atoms with van der Waals surface area (Å²) in [6.45, 7) is 4.55. The van der Waals surface area contributed by atoms with E-state index in [1.807, 2.05) is 0 Å². The first-order valence-electron chi connectivity index (χ1n) is 32.2. The predicted octanol–water partition coefficient (Wildman–Crippen LogP) is 19.5. The molecular weight excluding hydrogens is 1000 g/mol. The summed E-state index contributed by atoms with van der Waals surface area (Å²) in [4.78, 5) is 48.7. The zero-order chi connectivity index (χ0) is 56.9. The lowest BCUT2D eigenvalue weighted by molar-refractivity contribution is -0.161. The van der Waals surface area contributed by atoms with Crippen molar-refractivity contribution >= 4 is 25.7 Å². The molecule has 0 saturated carbocycles. The molecule has 11 nitrogen and oxygen atoms in total. The smallest absolute Gasteiger partial charge is 0.462 e. The van der Waals surface area contributed by atoms with Crippen LogP contribution in [0.15, 0.2) is 60.8 Å². The van der Waals surface area contributed by atoms with Gasteiger partial charge in [-0.25, -0.2) is 4.57 Å². The fourth-order valence-electron chi connectivity index (χ4n) is 9.01. The Labute approximate surface area is 478 Å². The van der Waals surface area contributed by atoms with E-state index in [0.29, 0.717) is 19.3 Å². The Kier molecular flexibility index (Phi) is 58.1. The van der Waals surface area contributed by atoms with E-state index in [2.05, 4.69) is 81.5 Å². The number of phosphoric acid groups is 1. The van der Waals surface area contributed by atoms with Gasteiger partial charge in [0.1, 0.15) is 12.7 Å². The lowest BCUT2D eigenvalue weighted by atomic mass is 10.1. The highest BCUT2D eigenvalue weighted by Gasteiger charge is 2.28. The predicted molar refractivity (Wildman–Crippen MR) is 325 cm³/mol. The molecule has 0 heterocycles. The molecule has 0 spiro atoms. The Morgan fingerprint density at radius 2 is 0.667 bits per heavy atom. The number of allylic oxidation sites excluding steroid dienone is 10. The average Bonchev–Trinajstić information content (AvgIpc) is 3.43. The average molecular weight is 1120 g/mol. The van der Waals surface area contributed by atoms with Crippen molar-refractivity contribution in [3.63, 3.8) is 0 Å². The van der Waals surface area contributed by atoms with Crippen LogP contribution in [0.25, 0.3) is 0 Å². The van der Waals surface area contributed by atoms with E-state index in [4.69, 9.17) is 23.3 Å². The Morgan fingerprint density at radius 3 is 1.04 bits per heavy atom. The molecule has 0 aliphatic heterocycles. The van der Waals surface area contributed by atoms with Crippen LogP contribution in [0.3, 0.4) is 0 Å². The summed E-state index contributed by atoms with van der Waals surface area (Å²) in [6.07, 6.45) is 67.4. The Hall–Kier alpha value is -2.82. The van der Waals surface area contributed by atoms with Crippen LogP contribution in [-0.4, -0.2) is 66.5 Å². The first-order chi connectivity index (χ1) is 38.2. The van der Waals surface area contributed by atoms with Crippen LogP contribution in [0.5, 0.6) is 0 Å². The summed E-state index contributed by atoms with van der Waals surface area (Å²) < 4.78 is 39.7. The molecule has 0 aliphatic carbocycles. The molecule has 0 radical (unpaired) electrons. The molecule has 454 valence electrons. The molecule has 0 aromatic heterocycles. The first-order valence-corrected chi connectivity index (χ1v) is 33.7. The molecule has 0 rings (SSSR count). The van der Waals surface area contributed by atoms with E-state index in [9.17, 15) is 28.9 Å². The SMILES string of the molecule is CC/C=C\C/C=C\C/C=C\CCCCCCCC(=O)OC(CO)COP(=O)(O)OCC(COC(=O)CCCCCCCCCCC/C=C\CCCCCCCC)OC(=O)CCCCCCCCC/C=C\CCCCCCCC. The van der Waals surface area contributed by atoms with Gasteiger partial charge in [0.2, 0.25) is 0 Å². The second kappa shape index (κ2) is 60.3. The second-order valence-corrected chi connectivity index (χ2v) is 23.0.